The first-order valence-electron chi connectivity index (χ1n) is 10.5. The molecule has 2 aromatic carbocycles. The van der Waals surface area contributed by atoms with Crippen LogP contribution < -0.4 is 9.47 Å². The molecule has 1 atom stereocenters. The minimum absolute atomic E-state index is 0.0177. The van der Waals surface area contributed by atoms with E-state index in [1.54, 1.807) is 18.5 Å². The van der Waals surface area contributed by atoms with E-state index in [-0.39, 0.29) is 11.9 Å². The maximum Gasteiger partial charge on any atom is 0.254 e. The monoisotopic (exact) mass is 480 g/mol. The summed E-state index contributed by atoms with van der Waals surface area (Å²) in [4.78, 5) is 19.4. The molecular formula is C25H25BrN2O3. The molecule has 1 amide bonds. The molecule has 0 spiro atoms. The van der Waals surface area contributed by atoms with Crippen LogP contribution in [0.4, 0.5) is 0 Å². The Morgan fingerprint density at radius 2 is 1.94 bits per heavy atom. The minimum atomic E-state index is 0.0177. The average molecular weight is 481 g/mol. The minimum Gasteiger partial charge on any atom is -0.490 e. The highest BCUT2D eigenvalue weighted by Gasteiger charge is 2.31. The highest BCUT2D eigenvalue weighted by atomic mass is 79.9. The number of carbonyl (C=O) groups is 1. The van der Waals surface area contributed by atoms with Gasteiger partial charge >= 0.3 is 0 Å². The highest BCUT2D eigenvalue weighted by Crippen LogP contribution is 2.36. The second-order valence-corrected chi connectivity index (χ2v) is 8.37. The third-order valence-electron chi connectivity index (χ3n) is 5.38. The molecule has 0 aliphatic carbocycles. The summed E-state index contributed by atoms with van der Waals surface area (Å²) in [6.45, 7) is 3.58. The van der Waals surface area contributed by atoms with Crippen LogP contribution in [0, 0.1) is 0 Å². The Balaban J connectivity index is 1.54. The number of likely N-dealkylation sites (tertiary alicyclic amines) is 1. The van der Waals surface area contributed by atoms with Crippen molar-refractivity contribution < 1.29 is 14.3 Å². The maximum absolute atomic E-state index is 13.4. The lowest BCUT2D eigenvalue weighted by atomic mass is 10.0. The van der Waals surface area contributed by atoms with Gasteiger partial charge in [0.15, 0.2) is 11.5 Å². The zero-order chi connectivity index (χ0) is 21.6. The molecule has 1 unspecified atom stereocenters. The third kappa shape index (κ3) is 5.07. The summed E-state index contributed by atoms with van der Waals surface area (Å²) >= 11 is 3.54. The number of ether oxygens (including phenoxy) is 2. The Morgan fingerprint density at radius 3 is 2.71 bits per heavy atom. The average Bonchev–Trinajstić information content (AvgIpc) is 3.29. The number of pyridine rings is 1. The number of hydrogen-bond donors (Lipinski definition) is 0. The Morgan fingerprint density at radius 1 is 1.10 bits per heavy atom. The van der Waals surface area contributed by atoms with E-state index >= 15 is 0 Å². The molecule has 6 heteroatoms. The van der Waals surface area contributed by atoms with Gasteiger partial charge in [-0.1, -0.05) is 28.1 Å². The summed E-state index contributed by atoms with van der Waals surface area (Å²) in [6.07, 6.45) is 5.44. The van der Waals surface area contributed by atoms with Crippen LogP contribution in [0.15, 0.2) is 71.5 Å². The maximum atomic E-state index is 13.4. The summed E-state index contributed by atoms with van der Waals surface area (Å²) in [5, 5.41) is 0. The van der Waals surface area contributed by atoms with Gasteiger partial charge in [-0.15, -0.1) is 0 Å². The van der Waals surface area contributed by atoms with E-state index in [4.69, 9.17) is 9.47 Å². The van der Waals surface area contributed by atoms with E-state index in [0.29, 0.717) is 30.3 Å². The Labute approximate surface area is 191 Å². The molecule has 3 aromatic rings. The van der Waals surface area contributed by atoms with Crippen molar-refractivity contribution in [1.29, 1.82) is 0 Å². The molecule has 1 aliphatic heterocycles. The number of rotatable bonds is 7. The largest absolute Gasteiger partial charge is 0.490 e. The van der Waals surface area contributed by atoms with Gasteiger partial charge in [0, 0.05) is 29.0 Å². The Hall–Kier alpha value is -2.86. The molecule has 2 heterocycles. The van der Waals surface area contributed by atoms with Crippen LogP contribution in [-0.2, 0) is 6.61 Å². The summed E-state index contributed by atoms with van der Waals surface area (Å²) in [6, 6.07) is 17.5. The third-order valence-corrected chi connectivity index (χ3v) is 5.87. The zero-order valence-corrected chi connectivity index (χ0v) is 19.0. The van der Waals surface area contributed by atoms with Crippen LogP contribution in [0.5, 0.6) is 11.5 Å². The summed E-state index contributed by atoms with van der Waals surface area (Å²) < 4.78 is 12.8. The first kappa shape index (κ1) is 21.4. The van der Waals surface area contributed by atoms with Crippen LogP contribution in [0.3, 0.4) is 0 Å². The number of nitrogens with zero attached hydrogens (tertiary/aromatic N) is 2. The van der Waals surface area contributed by atoms with Gasteiger partial charge in [0.2, 0.25) is 0 Å². The Kier molecular flexibility index (Phi) is 6.87. The van der Waals surface area contributed by atoms with E-state index < -0.39 is 0 Å². The van der Waals surface area contributed by atoms with E-state index in [0.717, 1.165) is 35.0 Å². The topological polar surface area (TPSA) is 51.7 Å². The molecular weight excluding hydrogens is 456 g/mol. The van der Waals surface area contributed by atoms with Crippen molar-refractivity contribution in [3.05, 3.63) is 88.2 Å². The molecule has 1 aliphatic rings. The molecule has 1 aromatic heterocycles. The second kappa shape index (κ2) is 9.96. The molecule has 0 saturated carbocycles. The normalized spacial score (nSPS) is 15.7. The van der Waals surface area contributed by atoms with Crippen molar-refractivity contribution in [3.8, 4) is 11.5 Å². The second-order valence-electron chi connectivity index (χ2n) is 7.45. The van der Waals surface area contributed by atoms with Gasteiger partial charge in [-0.05, 0) is 73.4 Å². The summed E-state index contributed by atoms with van der Waals surface area (Å²) in [5.74, 6) is 1.23. The molecule has 0 N–H and O–H groups in total. The number of aromatic nitrogens is 1. The number of carbonyl (C=O) groups excluding carboxylic acids is 1. The first-order chi connectivity index (χ1) is 15.2. The molecule has 1 saturated heterocycles. The fourth-order valence-electron chi connectivity index (χ4n) is 3.90. The summed E-state index contributed by atoms with van der Waals surface area (Å²) in [7, 11) is 0. The van der Waals surface area contributed by atoms with Crippen LogP contribution in [0.25, 0.3) is 0 Å². The van der Waals surface area contributed by atoms with Gasteiger partial charge < -0.3 is 14.4 Å². The Bertz CT molecular complexity index is 1040. The van der Waals surface area contributed by atoms with Crippen molar-refractivity contribution in [2.45, 2.75) is 32.4 Å². The van der Waals surface area contributed by atoms with Gasteiger partial charge in [-0.2, -0.15) is 0 Å². The number of hydrogen-bond acceptors (Lipinski definition) is 4. The first-order valence-corrected chi connectivity index (χ1v) is 11.3. The van der Waals surface area contributed by atoms with Crippen LogP contribution in [0.1, 0.15) is 47.3 Å². The van der Waals surface area contributed by atoms with Crippen LogP contribution >= 0.6 is 15.9 Å². The molecule has 4 rings (SSSR count). The quantitative estimate of drug-likeness (QED) is 0.428. The van der Waals surface area contributed by atoms with E-state index in [1.807, 2.05) is 48.2 Å². The summed E-state index contributed by atoms with van der Waals surface area (Å²) in [5.41, 5.74) is 2.79. The molecule has 0 radical (unpaired) electrons. The van der Waals surface area contributed by atoms with Crippen molar-refractivity contribution in [2.24, 2.45) is 0 Å². The number of halogens is 1. The molecule has 31 heavy (non-hydrogen) atoms. The van der Waals surface area contributed by atoms with Gasteiger partial charge in [-0.3, -0.25) is 9.78 Å². The van der Waals surface area contributed by atoms with E-state index in [2.05, 4.69) is 33.0 Å². The van der Waals surface area contributed by atoms with Crippen molar-refractivity contribution in [2.75, 3.05) is 13.2 Å². The van der Waals surface area contributed by atoms with E-state index in [9.17, 15) is 4.79 Å². The smallest absolute Gasteiger partial charge is 0.254 e. The number of amides is 1. The zero-order valence-electron chi connectivity index (χ0n) is 17.5. The highest BCUT2D eigenvalue weighted by molar-refractivity contribution is 9.10. The molecule has 0 bridgehead atoms. The van der Waals surface area contributed by atoms with Crippen LogP contribution in [0.2, 0.25) is 0 Å². The lowest BCUT2D eigenvalue weighted by Gasteiger charge is -2.26. The van der Waals surface area contributed by atoms with Gasteiger partial charge in [0.1, 0.15) is 6.61 Å². The van der Waals surface area contributed by atoms with Gasteiger partial charge in [0.25, 0.3) is 5.91 Å². The SMILES string of the molecule is CCOc1cc(C(=O)N2CCCC2c2cccc(Br)c2)ccc1OCc1ccncc1. The molecule has 5 nitrogen and oxygen atoms in total. The van der Waals surface area contributed by atoms with Gasteiger partial charge in [0.05, 0.1) is 12.6 Å². The van der Waals surface area contributed by atoms with Crippen molar-refractivity contribution in [1.82, 2.24) is 9.88 Å². The number of benzene rings is 2. The molecule has 1 fully saturated rings. The predicted molar refractivity (Wildman–Crippen MR) is 123 cm³/mol. The van der Waals surface area contributed by atoms with Crippen molar-refractivity contribution >= 4 is 21.8 Å². The molecule has 160 valence electrons. The fourth-order valence-corrected chi connectivity index (χ4v) is 4.32. The van der Waals surface area contributed by atoms with E-state index in [1.165, 1.54) is 0 Å². The fraction of sp³-hybridized carbons (Fsp3) is 0.280. The van der Waals surface area contributed by atoms with Gasteiger partial charge in [-0.25, -0.2) is 0 Å². The predicted octanol–water partition coefficient (Wildman–Crippen LogP) is 5.80. The van der Waals surface area contributed by atoms with Crippen molar-refractivity contribution in [3.63, 3.8) is 0 Å². The lowest BCUT2D eigenvalue weighted by molar-refractivity contribution is 0.0735. The van der Waals surface area contributed by atoms with Crippen LogP contribution in [-0.4, -0.2) is 28.9 Å². The standard InChI is InChI=1S/C25H25BrN2O3/c1-2-30-24-16-20(8-9-23(24)31-17-18-10-12-27-13-11-18)25(29)28-14-4-7-22(28)19-5-3-6-21(26)15-19/h3,5-6,8-13,15-16,22H,2,4,7,14,17H2,1H3. The lowest BCUT2D eigenvalue weighted by Crippen LogP contribution is -2.30.